The number of hydrogen-bond acceptors (Lipinski definition) is 5. The fraction of sp³-hybridized carbons (Fsp3) is 0.409. The van der Waals surface area contributed by atoms with E-state index < -0.39 is 0 Å². The van der Waals surface area contributed by atoms with Gasteiger partial charge in [-0.3, -0.25) is 19.8 Å². The molecule has 2 aliphatic rings. The Morgan fingerprint density at radius 2 is 2.14 bits per heavy atom. The Bertz CT molecular complexity index is 1050. The summed E-state index contributed by atoms with van der Waals surface area (Å²) in [6.45, 7) is 5.06. The summed E-state index contributed by atoms with van der Waals surface area (Å²) >= 11 is 0. The minimum atomic E-state index is -0.197. The van der Waals surface area contributed by atoms with Crippen LogP contribution in [0.25, 0.3) is 10.9 Å². The summed E-state index contributed by atoms with van der Waals surface area (Å²) in [5, 5.41) is 11.3. The van der Waals surface area contributed by atoms with Crippen LogP contribution in [0.5, 0.6) is 0 Å². The SMILES string of the molecule is CC(=O)Nc1ccc2nc(CN3CCC4(CC3)OCCc3cn[nH]c34)ccc2c1. The van der Waals surface area contributed by atoms with E-state index in [1.165, 1.54) is 18.2 Å². The van der Waals surface area contributed by atoms with Crippen LogP contribution in [0.1, 0.15) is 36.7 Å². The number of rotatable bonds is 3. The Balaban J connectivity index is 1.27. The molecule has 29 heavy (non-hydrogen) atoms. The Hall–Kier alpha value is -2.77. The summed E-state index contributed by atoms with van der Waals surface area (Å²) in [4.78, 5) is 18.5. The second kappa shape index (κ2) is 7.24. The van der Waals surface area contributed by atoms with Crippen molar-refractivity contribution in [2.24, 2.45) is 0 Å². The molecule has 1 saturated heterocycles. The number of carbonyl (C=O) groups excluding carboxylic acids is 1. The number of fused-ring (bicyclic) bond motifs is 3. The molecule has 1 fully saturated rings. The van der Waals surface area contributed by atoms with Gasteiger partial charge >= 0.3 is 0 Å². The Kier molecular flexibility index (Phi) is 4.56. The molecule has 7 nitrogen and oxygen atoms in total. The van der Waals surface area contributed by atoms with E-state index in [2.05, 4.69) is 32.5 Å². The van der Waals surface area contributed by atoms with Crippen LogP contribution in [0.15, 0.2) is 36.5 Å². The van der Waals surface area contributed by atoms with Crippen molar-refractivity contribution in [3.05, 3.63) is 53.5 Å². The van der Waals surface area contributed by atoms with Crippen molar-refractivity contribution in [2.45, 2.75) is 38.3 Å². The van der Waals surface area contributed by atoms with Gasteiger partial charge in [-0.05, 0) is 49.1 Å². The lowest BCUT2D eigenvalue weighted by Crippen LogP contribution is -2.46. The van der Waals surface area contributed by atoms with Crippen LogP contribution in [0.3, 0.4) is 0 Å². The number of aromatic amines is 1. The van der Waals surface area contributed by atoms with Crippen LogP contribution in [0.2, 0.25) is 0 Å². The zero-order valence-electron chi connectivity index (χ0n) is 16.6. The highest BCUT2D eigenvalue weighted by atomic mass is 16.5. The second-order valence-corrected chi connectivity index (χ2v) is 8.03. The number of nitrogens with one attached hydrogen (secondary N) is 2. The maximum Gasteiger partial charge on any atom is 0.221 e. The third-order valence-corrected chi connectivity index (χ3v) is 6.04. The molecule has 150 valence electrons. The first kappa shape index (κ1) is 18.3. The van der Waals surface area contributed by atoms with Crippen LogP contribution in [-0.2, 0) is 28.1 Å². The zero-order valence-corrected chi connectivity index (χ0v) is 16.6. The predicted molar refractivity (Wildman–Crippen MR) is 110 cm³/mol. The average Bonchev–Trinajstić information content (AvgIpc) is 3.20. The van der Waals surface area contributed by atoms with Gasteiger partial charge in [-0.1, -0.05) is 6.07 Å². The molecule has 0 radical (unpaired) electrons. The van der Waals surface area contributed by atoms with Crippen molar-refractivity contribution < 1.29 is 9.53 Å². The van der Waals surface area contributed by atoms with Gasteiger partial charge in [0.25, 0.3) is 0 Å². The molecule has 2 aromatic heterocycles. The number of piperidine rings is 1. The lowest BCUT2D eigenvalue weighted by molar-refractivity contribution is -0.114. The minimum absolute atomic E-state index is 0.0685. The lowest BCUT2D eigenvalue weighted by Gasteiger charge is -2.43. The maximum absolute atomic E-state index is 11.2. The molecule has 1 amide bonds. The number of carbonyl (C=O) groups is 1. The molecule has 5 rings (SSSR count). The van der Waals surface area contributed by atoms with E-state index >= 15 is 0 Å². The topological polar surface area (TPSA) is 83.1 Å². The van der Waals surface area contributed by atoms with Gasteiger partial charge in [-0.25, -0.2) is 0 Å². The number of pyridine rings is 1. The Morgan fingerprint density at radius 1 is 1.28 bits per heavy atom. The molecule has 3 aromatic rings. The summed E-state index contributed by atoms with van der Waals surface area (Å²) in [5.74, 6) is -0.0685. The first-order chi connectivity index (χ1) is 14.1. The molecular weight excluding hydrogens is 366 g/mol. The number of anilines is 1. The van der Waals surface area contributed by atoms with Gasteiger partial charge in [0.05, 0.1) is 29.7 Å². The second-order valence-electron chi connectivity index (χ2n) is 8.03. The molecule has 1 spiro atoms. The largest absolute Gasteiger partial charge is 0.368 e. The van der Waals surface area contributed by atoms with E-state index in [4.69, 9.17) is 9.72 Å². The number of ether oxygens (including phenoxy) is 1. The number of aromatic nitrogens is 3. The molecule has 4 heterocycles. The molecule has 1 aromatic carbocycles. The average molecular weight is 391 g/mol. The van der Waals surface area contributed by atoms with Crippen LogP contribution < -0.4 is 5.32 Å². The third-order valence-electron chi connectivity index (χ3n) is 6.04. The maximum atomic E-state index is 11.2. The van der Waals surface area contributed by atoms with E-state index in [0.717, 1.165) is 67.8 Å². The van der Waals surface area contributed by atoms with Gasteiger partial charge in [0.1, 0.15) is 5.60 Å². The van der Waals surface area contributed by atoms with Crippen LogP contribution >= 0.6 is 0 Å². The molecule has 7 heteroatoms. The van der Waals surface area contributed by atoms with E-state index in [1.54, 1.807) is 0 Å². The highest BCUT2D eigenvalue weighted by Gasteiger charge is 2.42. The van der Waals surface area contributed by atoms with E-state index in [1.807, 2.05) is 24.4 Å². The number of likely N-dealkylation sites (tertiary alicyclic amines) is 1. The molecule has 2 N–H and O–H groups in total. The third kappa shape index (κ3) is 3.52. The first-order valence-electron chi connectivity index (χ1n) is 10.2. The summed E-state index contributed by atoms with van der Waals surface area (Å²) in [5.41, 5.74) is 5.10. The van der Waals surface area contributed by atoms with Crippen molar-refractivity contribution in [3.63, 3.8) is 0 Å². The Labute approximate surface area is 169 Å². The Morgan fingerprint density at radius 3 is 2.97 bits per heavy atom. The molecule has 0 unspecified atom stereocenters. The summed E-state index contributed by atoms with van der Waals surface area (Å²) in [7, 11) is 0. The van der Waals surface area contributed by atoms with Crippen molar-refractivity contribution in [1.29, 1.82) is 0 Å². The molecule has 0 aliphatic carbocycles. The number of hydrogen-bond donors (Lipinski definition) is 2. The summed E-state index contributed by atoms with van der Waals surface area (Å²) in [6, 6.07) is 9.98. The van der Waals surface area contributed by atoms with Crippen LogP contribution in [0, 0.1) is 0 Å². The van der Waals surface area contributed by atoms with Crippen molar-refractivity contribution in [3.8, 4) is 0 Å². The molecule has 0 atom stereocenters. The summed E-state index contributed by atoms with van der Waals surface area (Å²) < 4.78 is 6.24. The highest BCUT2D eigenvalue weighted by molar-refractivity contribution is 5.92. The lowest BCUT2D eigenvalue weighted by atomic mass is 9.84. The molecule has 2 aliphatic heterocycles. The van der Waals surface area contributed by atoms with E-state index in [9.17, 15) is 4.79 Å². The number of benzene rings is 1. The minimum Gasteiger partial charge on any atom is -0.368 e. The van der Waals surface area contributed by atoms with Crippen molar-refractivity contribution in [1.82, 2.24) is 20.1 Å². The van der Waals surface area contributed by atoms with Gasteiger partial charge in [-0.15, -0.1) is 0 Å². The van der Waals surface area contributed by atoms with Gasteiger partial charge < -0.3 is 10.1 Å². The quantitative estimate of drug-likeness (QED) is 0.717. The fourth-order valence-electron chi connectivity index (χ4n) is 4.56. The van der Waals surface area contributed by atoms with Crippen molar-refractivity contribution in [2.75, 3.05) is 25.0 Å². The number of H-pyrrole nitrogens is 1. The summed E-state index contributed by atoms with van der Waals surface area (Å²) in [6.07, 6.45) is 4.83. The highest BCUT2D eigenvalue weighted by Crippen LogP contribution is 2.40. The van der Waals surface area contributed by atoms with Gasteiger partial charge in [0, 0.05) is 37.6 Å². The van der Waals surface area contributed by atoms with Crippen LogP contribution in [0.4, 0.5) is 5.69 Å². The molecule has 0 bridgehead atoms. The molecular formula is C22H25N5O2. The monoisotopic (exact) mass is 391 g/mol. The van der Waals surface area contributed by atoms with Gasteiger partial charge in [0.15, 0.2) is 0 Å². The van der Waals surface area contributed by atoms with E-state index in [-0.39, 0.29) is 11.5 Å². The normalized spacial score (nSPS) is 18.7. The van der Waals surface area contributed by atoms with E-state index in [0.29, 0.717) is 0 Å². The molecule has 0 saturated carbocycles. The standard InChI is InChI=1S/C22H25N5O2/c1-15(28)24-18-4-5-20-16(12-18)2-3-19(25-20)14-27-9-7-22(8-10-27)21-17(6-11-29-22)13-23-26-21/h2-5,12-13H,6-11,14H2,1H3,(H,23,26)(H,24,28). The van der Waals surface area contributed by atoms with Crippen molar-refractivity contribution >= 4 is 22.5 Å². The van der Waals surface area contributed by atoms with Crippen LogP contribution in [-0.4, -0.2) is 45.7 Å². The van der Waals surface area contributed by atoms with Gasteiger partial charge in [-0.2, -0.15) is 5.10 Å². The zero-order chi connectivity index (χ0) is 19.8. The first-order valence-corrected chi connectivity index (χ1v) is 10.2. The fourth-order valence-corrected chi connectivity index (χ4v) is 4.56. The number of nitrogens with zero attached hydrogens (tertiary/aromatic N) is 3. The van der Waals surface area contributed by atoms with Gasteiger partial charge in [0.2, 0.25) is 5.91 Å². The predicted octanol–water partition coefficient (Wildman–Crippen LogP) is 2.98. The number of amides is 1. The smallest absolute Gasteiger partial charge is 0.221 e.